The predicted octanol–water partition coefficient (Wildman–Crippen LogP) is 3.53. The molecule has 1 rings (SSSR count). The summed E-state index contributed by atoms with van der Waals surface area (Å²) in [6, 6.07) is 8.38. The minimum atomic E-state index is 0.609. The van der Waals surface area contributed by atoms with Crippen LogP contribution < -0.4 is 0 Å². The third-order valence-electron chi connectivity index (χ3n) is 1.72. The van der Waals surface area contributed by atoms with E-state index in [1.807, 2.05) is 11.8 Å². The summed E-state index contributed by atoms with van der Waals surface area (Å²) in [4.78, 5) is 0. The molecule has 14 heavy (non-hydrogen) atoms. The Hall–Kier alpha value is -0.580. The van der Waals surface area contributed by atoms with E-state index in [-0.39, 0.29) is 0 Å². The van der Waals surface area contributed by atoms with Gasteiger partial charge < -0.3 is 0 Å². The van der Waals surface area contributed by atoms with E-state index in [0.717, 1.165) is 17.7 Å². The molecule has 0 heterocycles. The standard InChI is InChI=1S/C12H13ClS/c1-14-10-12-7-5-11(6-8-12)4-2-3-9-13/h5-8H,3,9-10H2,1H3. The second kappa shape index (κ2) is 6.81. The first-order chi connectivity index (χ1) is 6.86. The zero-order valence-electron chi connectivity index (χ0n) is 8.22. The normalized spacial score (nSPS) is 9.29. The van der Waals surface area contributed by atoms with Gasteiger partial charge in [0.25, 0.3) is 0 Å². The van der Waals surface area contributed by atoms with Crippen LogP contribution in [0.4, 0.5) is 0 Å². The predicted molar refractivity (Wildman–Crippen MR) is 65.9 cm³/mol. The molecular formula is C12H13ClS. The van der Waals surface area contributed by atoms with Crippen molar-refractivity contribution in [2.75, 3.05) is 12.1 Å². The van der Waals surface area contributed by atoms with Crippen molar-refractivity contribution in [1.29, 1.82) is 0 Å². The minimum Gasteiger partial charge on any atom is -0.161 e. The highest BCUT2D eigenvalue weighted by Crippen LogP contribution is 2.09. The third-order valence-corrected chi connectivity index (χ3v) is 2.53. The number of hydrogen-bond acceptors (Lipinski definition) is 1. The maximum Gasteiger partial charge on any atom is 0.0333 e. The second-order valence-corrected chi connectivity index (χ2v) is 4.11. The van der Waals surface area contributed by atoms with Gasteiger partial charge in [0.05, 0.1) is 0 Å². The van der Waals surface area contributed by atoms with E-state index in [2.05, 4.69) is 42.4 Å². The lowest BCUT2D eigenvalue weighted by atomic mass is 10.1. The Morgan fingerprint density at radius 3 is 2.57 bits per heavy atom. The Bertz CT molecular complexity index is 318. The zero-order valence-corrected chi connectivity index (χ0v) is 9.79. The monoisotopic (exact) mass is 224 g/mol. The first-order valence-electron chi connectivity index (χ1n) is 4.49. The Kier molecular flexibility index (Phi) is 5.59. The van der Waals surface area contributed by atoms with Crippen LogP contribution in [0.3, 0.4) is 0 Å². The maximum absolute atomic E-state index is 5.53. The van der Waals surface area contributed by atoms with Gasteiger partial charge in [0.15, 0.2) is 0 Å². The van der Waals surface area contributed by atoms with Crippen LogP contribution >= 0.6 is 23.4 Å². The lowest BCUT2D eigenvalue weighted by Gasteiger charge is -1.97. The summed E-state index contributed by atoms with van der Waals surface area (Å²) < 4.78 is 0. The van der Waals surface area contributed by atoms with E-state index >= 15 is 0 Å². The summed E-state index contributed by atoms with van der Waals surface area (Å²) in [5.74, 6) is 7.76. The molecule has 0 saturated carbocycles. The van der Waals surface area contributed by atoms with Crippen LogP contribution in [0.1, 0.15) is 17.5 Å². The van der Waals surface area contributed by atoms with Crippen molar-refractivity contribution in [3.63, 3.8) is 0 Å². The van der Waals surface area contributed by atoms with Gasteiger partial charge in [-0.3, -0.25) is 0 Å². The van der Waals surface area contributed by atoms with Crippen molar-refractivity contribution in [1.82, 2.24) is 0 Å². The molecule has 0 nitrogen and oxygen atoms in total. The largest absolute Gasteiger partial charge is 0.161 e. The summed E-state index contributed by atoms with van der Waals surface area (Å²) in [7, 11) is 0. The molecule has 0 aliphatic carbocycles. The number of benzene rings is 1. The fourth-order valence-corrected chi connectivity index (χ4v) is 1.68. The summed E-state index contributed by atoms with van der Waals surface area (Å²) in [6.45, 7) is 0. The Morgan fingerprint density at radius 1 is 1.29 bits per heavy atom. The smallest absolute Gasteiger partial charge is 0.0333 e. The molecule has 0 spiro atoms. The van der Waals surface area contributed by atoms with E-state index in [9.17, 15) is 0 Å². The van der Waals surface area contributed by atoms with E-state index in [1.165, 1.54) is 5.56 Å². The van der Waals surface area contributed by atoms with Crippen molar-refractivity contribution in [2.24, 2.45) is 0 Å². The van der Waals surface area contributed by atoms with Crippen molar-refractivity contribution in [2.45, 2.75) is 12.2 Å². The van der Waals surface area contributed by atoms with Gasteiger partial charge in [-0.1, -0.05) is 24.0 Å². The number of halogens is 1. The molecule has 0 bridgehead atoms. The molecule has 0 unspecified atom stereocenters. The van der Waals surface area contributed by atoms with Crippen molar-refractivity contribution >= 4 is 23.4 Å². The van der Waals surface area contributed by atoms with Crippen molar-refractivity contribution in [3.8, 4) is 11.8 Å². The van der Waals surface area contributed by atoms with Crippen molar-refractivity contribution < 1.29 is 0 Å². The Labute approximate surface area is 95.0 Å². The molecule has 0 radical (unpaired) electrons. The van der Waals surface area contributed by atoms with Crippen LogP contribution in [0.5, 0.6) is 0 Å². The summed E-state index contributed by atoms with van der Waals surface area (Å²) in [5.41, 5.74) is 2.42. The maximum atomic E-state index is 5.53. The fourth-order valence-electron chi connectivity index (χ4n) is 1.06. The average molecular weight is 225 g/mol. The van der Waals surface area contributed by atoms with Crippen LogP contribution in [-0.2, 0) is 5.75 Å². The molecule has 0 fully saturated rings. The van der Waals surface area contributed by atoms with E-state index < -0.39 is 0 Å². The summed E-state index contributed by atoms with van der Waals surface area (Å²) in [5, 5.41) is 0. The molecule has 74 valence electrons. The van der Waals surface area contributed by atoms with Gasteiger partial charge in [0.2, 0.25) is 0 Å². The van der Waals surface area contributed by atoms with Crippen LogP contribution in [0.15, 0.2) is 24.3 Å². The molecule has 0 atom stereocenters. The SMILES string of the molecule is CSCc1ccc(C#CCCCl)cc1. The number of hydrogen-bond donors (Lipinski definition) is 0. The average Bonchev–Trinajstić information content (AvgIpc) is 2.21. The van der Waals surface area contributed by atoms with Crippen LogP contribution in [0.2, 0.25) is 0 Å². The van der Waals surface area contributed by atoms with Crippen LogP contribution in [-0.4, -0.2) is 12.1 Å². The van der Waals surface area contributed by atoms with E-state index in [4.69, 9.17) is 11.6 Å². The van der Waals surface area contributed by atoms with Gasteiger partial charge in [-0.2, -0.15) is 11.8 Å². The molecule has 0 amide bonds. The zero-order chi connectivity index (χ0) is 10.2. The Morgan fingerprint density at radius 2 is 2.00 bits per heavy atom. The molecule has 2 heteroatoms. The molecule has 0 N–H and O–H groups in total. The third kappa shape index (κ3) is 4.09. The first kappa shape index (κ1) is 11.5. The molecule has 0 saturated heterocycles. The van der Waals surface area contributed by atoms with Crippen LogP contribution in [0, 0.1) is 11.8 Å². The van der Waals surface area contributed by atoms with Gasteiger partial charge in [0.1, 0.15) is 0 Å². The lowest BCUT2D eigenvalue weighted by molar-refractivity contribution is 1.29. The van der Waals surface area contributed by atoms with Gasteiger partial charge in [-0.05, 0) is 24.0 Å². The summed E-state index contributed by atoms with van der Waals surface area (Å²) in [6.07, 6.45) is 2.86. The lowest BCUT2D eigenvalue weighted by Crippen LogP contribution is -1.80. The van der Waals surface area contributed by atoms with E-state index in [0.29, 0.717) is 5.88 Å². The fraction of sp³-hybridized carbons (Fsp3) is 0.333. The molecule has 0 aliphatic heterocycles. The highest BCUT2D eigenvalue weighted by Gasteiger charge is 1.90. The molecule has 1 aromatic rings. The number of rotatable bonds is 3. The minimum absolute atomic E-state index is 0.609. The molecule has 1 aromatic carbocycles. The quantitative estimate of drug-likeness (QED) is 0.559. The second-order valence-electron chi connectivity index (χ2n) is 2.87. The van der Waals surface area contributed by atoms with E-state index in [1.54, 1.807) is 0 Å². The topological polar surface area (TPSA) is 0 Å². The van der Waals surface area contributed by atoms with Crippen LogP contribution in [0.25, 0.3) is 0 Å². The molecule has 0 aliphatic rings. The molecule has 0 aromatic heterocycles. The van der Waals surface area contributed by atoms with Gasteiger partial charge >= 0.3 is 0 Å². The molecular weight excluding hydrogens is 212 g/mol. The number of alkyl halides is 1. The summed E-state index contributed by atoms with van der Waals surface area (Å²) >= 11 is 7.36. The van der Waals surface area contributed by atoms with Crippen molar-refractivity contribution in [3.05, 3.63) is 35.4 Å². The van der Waals surface area contributed by atoms with Gasteiger partial charge in [0, 0.05) is 23.6 Å². The first-order valence-corrected chi connectivity index (χ1v) is 6.42. The van der Waals surface area contributed by atoms with Gasteiger partial charge in [-0.25, -0.2) is 0 Å². The van der Waals surface area contributed by atoms with Gasteiger partial charge in [-0.15, -0.1) is 11.6 Å². The Balaban J connectivity index is 2.60. The highest BCUT2D eigenvalue weighted by molar-refractivity contribution is 7.97. The number of thioether (sulfide) groups is 1. The highest BCUT2D eigenvalue weighted by atomic mass is 35.5.